The first-order chi connectivity index (χ1) is 8.89. The lowest BCUT2D eigenvalue weighted by Crippen LogP contribution is -2.32. The molecule has 1 spiro atoms. The quantitative estimate of drug-likeness (QED) is 0.820. The van der Waals surface area contributed by atoms with Gasteiger partial charge in [0, 0.05) is 18.3 Å². The Balaban J connectivity index is 1.38. The SMILES string of the molecule is c1ccc(OC[C@@H]2[C@@H]3CCC4(OCCO4)[C@H]23)cc1. The number of hydrogen-bond acceptors (Lipinski definition) is 3. The fourth-order valence-electron chi connectivity index (χ4n) is 3.77. The van der Waals surface area contributed by atoms with Gasteiger partial charge in [0.25, 0.3) is 0 Å². The van der Waals surface area contributed by atoms with Gasteiger partial charge < -0.3 is 14.2 Å². The van der Waals surface area contributed by atoms with Crippen molar-refractivity contribution < 1.29 is 14.2 Å². The van der Waals surface area contributed by atoms with E-state index in [-0.39, 0.29) is 5.79 Å². The van der Waals surface area contributed by atoms with Crippen LogP contribution in [0, 0.1) is 17.8 Å². The van der Waals surface area contributed by atoms with Crippen molar-refractivity contribution >= 4 is 0 Å². The third-order valence-corrected chi connectivity index (χ3v) is 4.63. The van der Waals surface area contributed by atoms with Gasteiger partial charge >= 0.3 is 0 Å². The van der Waals surface area contributed by atoms with Crippen LogP contribution in [0.1, 0.15) is 12.8 Å². The van der Waals surface area contributed by atoms with Gasteiger partial charge in [-0.05, 0) is 24.5 Å². The maximum absolute atomic E-state index is 5.86. The number of benzene rings is 1. The Morgan fingerprint density at radius 3 is 2.72 bits per heavy atom. The molecule has 1 aliphatic heterocycles. The van der Waals surface area contributed by atoms with Crippen molar-refractivity contribution in [2.75, 3.05) is 19.8 Å². The number of fused-ring (bicyclic) bond motifs is 2. The molecular weight excluding hydrogens is 228 g/mol. The summed E-state index contributed by atoms with van der Waals surface area (Å²) < 4.78 is 17.6. The van der Waals surface area contributed by atoms with E-state index in [0.29, 0.717) is 11.8 Å². The fraction of sp³-hybridized carbons (Fsp3) is 0.600. The molecule has 0 aromatic heterocycles. The van der Waals surface area contributed by atoms with E-state index < -0.39 is 0 Å². The Hall–Kier alpha value is -1.06. The normalized spacial score (nSPS) is 35.7. The lowest BCUT2D eigenvalue weighted by atomic mass is 10.1. The van der Waals surface area contributed by atoms with E-state index in [1.807, 2.05) is 30.3 Å². The van der Waals surface area contributed by atoms with E-state index in [4.69, 9.17) is 14.2 Å². The van der Waals surface area contributed by atoms with Crippen molar-refractivity contribution in [2.45, 2.75) is 18.6 Å². The van der Waals surface area contributed by atoms with Gasteiger partial charge in [-0.3, -0.25) is 0 Å². The van der Waals surface area contributed by atoms with Gasteiger partial charge in [0.15, 0.2) is 5.79 Å². The van der Waals surface area contributed by atoms with Crippen LogP contribution in [0.2, 0.25) is 0 Å². The van der Waals surface area contributed by atoms with Gasteiger partial charge in [0.2, 0.25) is 0 Å². The van der Waals surface area contributed by atoms with Crippen LogP contribution in [-0.2, 0) is 9.47 Å². The molecule has 3 heteroatoms. The highest BCUT2D eigenvalue weighted by Gasteiger charge is 2.68. The molecule has 3 fully saturated rings. The number of ether oxygens (including phenoxy) is 3. The van der Waals surface area contributed by atoms with Gasteiger partial charge in [-0.1, -0.05) is 18.2 Å². The van der Waals surface area contributed by atoms with E-state index in [1.165, 1.54) is 6.42 Å². The lowest BCUT2D eigenvalue weighted by Gasteiger charge is -2.25. The van der Waals surface area contributed by atoms with E-state index in [1.54, 1.807) is 0 Å². The Morgan fingerprint density at radius 1 is 1.17 bits per heavy atom. The largest absolute Gasteiger partial charge is 0.493 e. The molecule has 0 N–H and O–H groups in total. The zero-order valence-electron chi connectivity index (χ0n) is 10.4. The fourth-order valence-corrected chi connectivity index (χ4v) is 3.77. The monoisotopic (exact) mass is 246 g/mol. The van der Waals surface area contributed by atoms with Crippen molar-refractivity contribution in [3.63, 3.8) is 0 Å². The summed E-state index contributed by atoms with van der Waals surface area (Å²) in [5.74, 6) is 2.67. The Labute approximate surface area is 107 Å². The second kappa shape index (κ2) is 3.97. The molecule has 3 aliphatic rings. The van der Waals surface area contributed by atoms with E-state index >= 15 is 0 Å². The standard InChI is InChI=1S/C15H18O3/c1-2-4-11(5-3-1)16-10-13-12-6-7-15(14(12)13)17-8-9-18-15/h1-5,12-14H,6-10H2/t12-,13+,14-/m0/s1. The minimum Gasteiger partial charge on any atom is -0.493 e. The molecule has 3 nitrogen and oxygen atoms in total. The van der Waals surface area contributed by atoms with E-state index in [9.17, 15) is 0 Å². The second-order valence-corrected chi connectivity index (χ2v) is 5.52. The summed E-state index contributed by atoms with van der Waals surface area (Å²) in [5.41, 5.74) is 0. The predicted octanol–water partition coefficient (Wildman–Crippen LogP) is 2.46. The van der Waals surface area contributed by atoms with Crippen molar-refractivity contribution in [2.24, 2.45) is 17.8 Å². The van der Waals surface area contributed by atoms with Crippen molar-refractivity contribution in [1.29, 1.82) is 0 Å². The predicted molar refractivity (Wildman–Crippen MR) is 66.3 cm³/mol. The highest BCUT2D eigenvalue weighted by molar-refractivity contribution is 5.21. The zero-order chi connectivity index (χ0) is 12.0. The van der Waals surface area contributed by atoms with Gasteiger partial charge in [-0.15, -0.1) is 0 Å². The van der Waals surface area contributed by atoms with Crippen LogP contribution in [-0.4, -0.2) is 25.6 Å². The summed E-state index contributed by atoms with van der Waals surface area (Å²) in [6.45, 7) is 2.32. The first kappa shape index (κ1) is 10.8. The molecule has 0 bridgehead atoms. The molecule has 1 aromatic carbocycles. The van der Waals surface area contributed by atoms with Gasteiger partial charge in [0.05, 0.1) is 19.8 Å². The van der Waals surface area contributed by atoms with Crippen LogP contribution in [0.5, 0.6) is 5.75 Å². The van der Waals surface area contributed by atoms with Crippen LogP contribution in [0.15, 0.2) is 30.3 Å². The number of hydrogen-bond donors (Lipinski definition) is 0. The molecule has 4 rings (SSSR count). The summed E-state index contributed by atoms with van der Waals surface area (Å²) in [7, 11) is 0. The minimum atomic E-state index is -0.241. The molecule has 2 aliphatic carbocycles. The molecule has 0 amide bonds. The number of para-hydroxylation sites is 1. The summed E-state index contributed by atoms with van der Waals surface area (Å²) in [4.78, 5) is 0. The molecule has 18 heavy (non-hydrogen) atoms. The molecule has 3 atom stereocenters. The van der Waals surface area contributed by atoms with Crippen LogP contribution >= 0.6 is 0 Å². The molecule has 1 heterocycles. The first-order valence-corrected chi connectivity index (χ1v) is 6.85. The Bertz CT molecular complexity index is 419. The van der Waals surface area contributed by atoms with Crippen LogP contribution < -0.4 is 4.74 Å². The van der Waals surface area contributed by atoms with Crippen LogP contribution in [0.4, 0.5) is 0 Å². The maximum Gasteiger partial charge on any atom is 0.171 e. The van der Waals surface area contributed by atoms with Crippen molar-refractivity contribution in [3.05, 3.63) is 30.3 Å². The molecular formula is C15H18O3. The average Bonchev–Trinajstić information content (AvgIpc) is 2.77. The van der Waals surface area contributed by atoms with Gasteiger partial charge in [0.1, 0.15) is 5.75 Å². The minimum absolute atomic E-state index is 0.241. The third-order valence-electron chi connectivity index (χ3n) is 4.63. The van der Waals surface area contributed by atoms with Gasteiger partial charge in [-0.2, -0.15) is 0 Å². The molecule has 2 saturated carbocycles. The van der Waals surface area contributed by atoms with Gasteiger partial charge in [-0.25, -0.2) is 0 Å². The Kier molecular flexibility index (Phi) is 2.39. The Morgan fingerprint density at radius 2 is 1.94 bits per heavy atom. The third kappa shape index (κ3) is 1.57. The summed E-state index contributed by atoms with van der Waals surface area (Å²) >= 11 is 0. The molecule has 1 aromatic rings. The molecule has 96 valence electrons. The summed E-state index contributed by atoms with van der Waals surface area (Å²) in [6, 6.07) is 10.0. The maximum atomic E-state index is 5.86. The average molecular weight is 246 g/mol. The molecule has 1 saturated heterocycles. The summed E-state index contributed by atoms with van der Waals surface area (Å²) in [6.07, 6.45) is 2.30. The topological polar surface area (TPSA) is 27.7 Å². The van der Waals surface area contributed by atoms with Crippen LogP contribution in [0.25, 0.3) is 0 Å². The van der Waals surface area contributed by atoms with Crippen LogP contribution in [0.3, 0.4) is 0 Å². The van der Waals surface area contributed by atoms with E-state index in [2.05, 4.69) is 0 Å². The summed E-state index contributed by atoms with van der Waals surface area (Å²) in [5, 5.41) is 0. The second-order valence-electron chi connectivity index (χ2n) is 5.52. The first-order valence-electron chi connectivity index (χ1n) is 6.85. The highest BCUT2D eigenvalue weighted by atomic mass is 16.7. The lowest BCUT2D eigenvalue weighted by molar-refractivity contribution is -0.171. The van der Waals surface area contributed by atoms with Crippen molar-refractivity contribution in [1.82, 2.24) is 0 Å². The van der Waals surface area contributed by atoms with E-state index in [0.717, 1.165) is 37.9 Å². The highest BCUT2D eigenvalue weighted by Crippen LogP contribution is 2.64. The smallest absolute Gasteiger partial charge is 0.171 e. The molecule has 0 unspecified atom stereocenters. The molecule has 0 radical (unpaired) electrons. The number of rotatable bonds is 3. The van der Waals surface area contributed by atoms with Crippen molar-refractivity contribution in [3.8, 4) is 5.75 Å². The zero-order valence-corrected chi connectivity index (χ0v) is 10.4.